The Kier molecular flexibility index (Phi) is 6.84. The summed E-state index contributed by atoms with van der Waals surface area (Å²) in [6, 6.07) is 7.10. The highest BCUT2D eigenvalue weighted by Gasteiger charge is 2.20. The summed E-state index contributed by atoms with van der Waals surface area (Å²) in [5.41, 5.74) is 0.908. The van der Waals surface area contributed by atoms with Gasteiger partial charge in [-0.25, -0.2) is 4.39 Å². The zero-order valence-electron chi connectivity index (χ0n) is 14.5. The number of hydrogen-bond donors (Lipinski definition) is 2. The molecule has 0 aromatic heterocycles. The first-order valence-electron chi connectivity index (χ1n) is 8.51. The van der Waals surface area contributed by atoms with Gasteiger partial charge in [-0.2, -0.15) is 0 Å². The topological polar surface area (TPSA) is 39.7 Å². The van der Waals surface area contributed by atoms with Crippen molar-refractivity contribution in [3.05, 3.63) is 35.6 Å². The Labute approximate surface area is 139 Å². The number of halogens is 1. The van der Waals surface area contributed by atoms with Gasteiger partial charge in [0.1, 0.15) is 5.82 Å². The summed E-state index contributed by atoms with van der Waals surface area (Å²) in [4.78, 5) is 6.78. The molecule has 1 fully saturated rings. The van der Waals surface area contributed by atoms with E-state index in [1.807, 2.05) is 6.07 Å². The molecule has 128 valence electrons. The zero-order valence-corrected chi connectivity index (χ0v) is 14.5. The van der Waals surface area contributed by atoms with Crippen LogP contribution in [0.1, 0.15) is 32.3 Å². The smallest absolute Gasteiger partial charge is 0.191 e. The van der Waals surface area contributed by atoms with Gasteiger partial charge in [-0.1, -0.05) is 19.1 Å². The highest BCUT2D eigenvalue weighted by Crippen LogP contribution is 2.17. The molecule has 23 heavy (non-hydrogen) atoms. The molecule has 1 saturated heterocycles. The second kappa shape index (κ2) is 8.87. The number of nitrogens with one attached hydrogen (secondary N) is 2. The largest absolute Gasteiger partial charge is 0.355 e. The third kappa shape index (κ3) is 5.82. The van der Waals surface area contributed by atoms with Gasteiger partial charge >= 0.3 is 0 Å². The van der Waals surface area contributed by atoms with E-state index in [0.29, 0.717) is 12.6 Å². The van der Waals surface area contributed by atoms with E-state index in [4.69, 9.17) is 0 Å². The van der Waals surface area contributed by atoms with Crippen molar-refractivity contribution in [3.63, 3.8) is 0 Å². The van der Waals surface area contributed by atoms with E-state index < -0.39 is 0 Å². The molecule has 5 heteroatoms. The van der Waals surface area contributed by atoms with Gasteiger partial charge in [0.05, 0.1) is 0 Å². The lowest BCUT2D eigenvalue weighted by Crippen LogP contribution is -2.48. The van der Waals surface area contributed by atoms with Gasteiger partial charge in [-0.3, -0.25) is 9.89 Å². The number of benzene rings is 1. The Morgan fingerprint density at radius 3 is 2.96 bits per heavy atom. The highest BCUT2D eigenvalue weighted by molar-refractivity contribution is 5.79. The number of likely N-dealkylation sites (tertiary alicyclic amines) is 1. The summed E-state index contributed by atoms with van der Waals surface area (Å²) in [6.45, 7) is 8.36. The number of hydrogen-bond acceptors (Lipinski definition) is 2. The molecule has 1 aliphatic rings. The molecule has 0 bridgehead atoms. The molecule has 2 unspecified atom stereocenters. The molecule has 0 radical (unpaired) electrons. The molecule has 0 aliphatic carbocycles. The van der Waals surface area contributed by atoms with Crippen LogP contribution in [0.15, 0.2) is 29.3 Å². The third-order valence-corrected chi connectivity index (χ3v) is 4.45. The predicted molar refractivity (Wildman–Crippen MR) is 94.0 cm³/mol. The minimum Gasteiger partial charge on any atom is -0.355 e. The monoisotopic (exact) mass is 320 g/mol. The average molecular weight is 320 g/mol. The lowest BCUT2D eigenvalue weighted by molar-refractivity contribution is 0.139. The van der Waals surface area contributed by atoms with Crippen LogP contribution in [-0.2, 0) is 6.54 Å². The lowest BCUT2D eigenvalue weighted by atomic mass is 9.99. The zero-order chi connectivity index (χ0) is 16.7. The summed E-state index contributed by atoms with van der Waals surface area (Å²) in [5, 5.41) is 6.60. The number of aliphatic imine (C=N–C) groups is 1. The molecule has 4 nitrogen and oxygen atoms in total. The normalized spacial score (nSPS) is 21.0. The quantitative estimate of drug-likeness (QED) is 0.647. The first-order chi connectivity index (χ1) is 11.1. The van der Waals surface area contributed by atoms with Crippen molar-refractivity contribution < 1.29 is 4.39 Å². The van der Waals surface area contributed by atoms with E-state index in [1.54, 1.807) is 13.1 Å². The van der Waals surface area contributed by atoms with Crippen molar-refractivity contribution in [1.29, 1.82) is 0 Å². The number of piperidine rings is 1. The fourth-order valence-electron chi connectivity index (χ4n) is 3.05. The summed E-state index contributed by atoms with van der Waals surface area (Å²) >= 11 is 0. The van der Waals surface area contributed by atoms with Crippen molar-refractivity contribution in [2.24, 2.45) is 10.9 Å². The van der Waals surface area contributed by atoms with Gasteiger partial charge in [0, 0.05) is 32.7 Å². The molecular formula is C18H29FN4. The molecule has 0 saturated carbocycles. The van der Waals surface area contributed by atoms with Crippen LogP contribution in [0.2, 0.25) is 0 Å². The maximum atomic E-state index is 13.2. The van der Waals surface area contributed by atoms with Gasteiger partial charge in [-0.05, 0) is 49.9 Å². The number of nitrogens with zero attached hydrogens (tertiary/aromatic N) is 2. The Balaban J connectivity index is 1.76. The van der Waals surface area contributed by atoms with Crippen LogP contribution in [0.5, 0.6) is 0 Å². The molecule has 0 spiro atoms. The van der Waals surface area contributed by atoms with E-state index in [9.17, 15) is 4.39 Å². The maximum Gasteiger partial charge on any atom is 0.191 e. The van der Waals surface area contributed by atoms with E-state index in [2.05, 4.69) is 34.4 Å². The van der Waals surface area contributed by atoms with Crippen molar-refractivity contribution >= 4 is 5.96 Å². The number of guanidine groups is 1. The standard InChI is InChI=1S/C18H29FN4/c1-14-6-5-9-23(13-14)15(2)11-21-18(20-3)22-12-16-7-4-8-17(19)10-16/h4,7-8,10,14-15H,5-6,9,11-13H2,1-3H3,(H2,20,21,22). The predicted octanol–water partition coefficient (Wildman–Crippen LogP) is 2.61. The molecule has 1 heterocycles. The van der Waals surface area contributed by atoms with Crippen molar-refractivity contribution in [3.8, 4) is 0 Å². The minimum absolute atomic E-state index is 0.208. The van der Waals surface area contributed by atoms with Gasteiger partial charge in [0.2, 0.25) is 0 Å². The van der Waals surface area contributed by atoms with Gasteiger partial charge in [0.15, 0.2) is 5.96 Å². The van der Waals surface area contributed by atoms with Crippen LogP contribution in [0.25, 0.3) is 0 Å². The summed E-state index contributed by atoms with van der Waals surface area (Å²) < 4.78 is 13.2. The minimum atomic E-state index is -0.208. The number of rotatable bonds is 5. The molecule has 1 aromatic carbocycles. The van der Waals surface area contributed by atoms with Crippen molar-refractivity contribution in [2.75, 3.05) is 26.7 Å². The molecule has 1 aliphatic heterocycles. The van der Waals surface area contributed by atoms with Gasteiger partial charge in [0.25, 0.3) is 0 Å². The van der Waals surface area contributed by atoms with Gasteiger partial charge < -0.3 is 10.6 Å². The fraction of sp³-hybridized carbons (Fsp3) is 0.611. The SMILES string of the molecule is CN=C(NCc1cccc(F)c1)NCC(C)N1CCCC(C)C1. The van der Waals surface area contributed by atoms with E-state index in [1.165, 1.54) is 38.1 Å². The first-order valence-corrected chi connectivity index (χ1v) is 8.51. The summed E-state index contributed by atoms with van der Waals surface area (Å²) in [7, 11) is 1.76. The van der Waals surface area contributed by atoms with E-state index in [0.717, 1.165) is 24.0 Å². The van der Waals surface area contributed by atoms with Crippen LogP contribution in [0.3, 0.4) is 0 Å². The Morgan fingerprint density at radius 1 is 1.43 bits per heavy atom. The second-order valence-corrected chi connectivity index (χ2v) is 6.53. The molecule has 2 N–H and O–H groups in total. The second-order valence-electron chi connectivity index (χ2n) is 6.53. The van der Waals surface area contributed by atoms with Crippen LogP contribution in [-0.4, -0.2) is 43.6 Å². The van der Waals surface area contributed by atoms with Gasteiger partial charge in [-0.15, -0.1) is 0 Å². The Morgan fingerprint density at radius 2 is 2.26 bits per heavy atom. The Hall–Kier alpha value is -1.62. The van der Waals surface area contributed by atoms with Crippen LogP contribution in [0.4, 0.5) is 4.39 Å². The highest BCUT2D eigenvalue weighted by atomic mass is 19.1. The van der Waals surface area contributed by atoms with E-state index >= 15 is 0 Å². The van der Waals surface area contributed by atoms with Crippen LogP contribution >= 0.6 is 0 Å². The fourth-order valence-corrected chi connectivity index (χ4v) is 3.05. The first kappa shape index (κ1) is 17.7. The summed E-state index contributed by atoms with van der Waals surface area (Å²) in [5.74, 6) is 1.34. The average Bonchev–Trinajstić information content (AvgIpc) is 2.55. The van der Waals surface area contributed by atoms with Crippen molar-refractivity contribution in [2.45, 2.75) is 39.3 Å². The van der Waals surface area contributed by atoms with E-state index in [-0.39, 0.29) is 5.82 Å². The molecule has 0 amide bonds. The molecule has 2 atom stereocenters. The third-order valence-electron chi connectivity index (χ3n) is 4.45. The Bertz CT molecular complexity index is 517. The van der Waals surface area contributed by atoms with Crippen molar-refractivity contribution in [1.82, 2.24) is 15.5 Å². The molecular weight excluding hydrogens is 291 g/mol. The van der Waals surface area contributed by atoms with Crippen LogP contribution < -0.4 is 10.6 Å². The molecule has 2 rings (SSSR count). The lowest BCUT2D eigenvalue weighted by Gasteiger charge is -2.35. The van der Waals surface area contributed by atoms with Crippen LogP contribution in [0, 0.1) is 11.7 Å². The maximum absolute atomic E-state index is 13.2. The molecule has 1 aromatic rings. The summed E-state index contributed by atoms with van der Waals surface area (Å²) in [6.07, 6.45) is 2.63.